The van der Waals surface area contributed by atoms with Gasteiger partial charge >= 0.3 is 0 Å². The first kappa shape index (κ1) is 8.87. The molecule has 0 aliphatic carbocycles. The van der Waals surface area contributed by atoms with Gasteiger partial charge in [-0.05, 0) is 19.4 Å². The number of hydrogen-bond acceptors (Lipinski definition) is 3. The van der Waals surface area contributed by atoms with Crippen molar-refractivity contribution >= 4 is 17.7 Å². The maximum absolute atomic E-state index is 10.4. The molecule has 3 nitrogen and oxygen atoms in total. The van der Waals surface area contributed by atoms with Crippen molar-refractivity contribution in [3.8, 4) is 0 Å². The topological polar surface area (TPSA) is 55.1 Å². The van der Waals surface area contributed by atoms with Crippen molar-refractivity contribution in [2.45, 2.75) is 18.9 Å². The van der Waals surface area contributed by atoms with Crippen LogP contribution in [0.3, 0.4) is 0 Å². The summed E-state index contributed by atoms with van der Waals surface area (Å²) in [6, 6.07) is 0.611. The molecule has 64 valence electrons. The monoisotopic (exact) mass is 174 g/mol. The minimum Gasteiger partial charge on any atom is -0.369 e. The first-order chi connectivity index (χ1) is 5.29. The molecule has 0 aromatic carbocycles. The predicted molar refractivity (Wildman–Crippen MR) is 47.5 cm³/mol. The Hall–Kier alpha value is -0.220. The maximum Gasteiger partial charge on any atom is 0.227 e. The SMILES string of the molecule is NC(=O)CSCC1CCCN1. The number of carbonyl (C=O) groups is 1. The van der Waals surface area contributed by atoms with E-state index in [-0.39, 0.29) is 5.91 Å². The molecule has 0 spiro atoms. The molecule has 1 saturated heterocycles. The van der Waals surface area contributed by atoms with Crippen molar-refractivity contribution in [1.82, 2.24) is 5.32 Å². The van der Waals surface area contributed by atoms with E-state index in [0.29, 0.717) is 11.8 Å². The Kier molecular flexibility index (Phi) is 3.72. The highest BCUT2D eigenvalue weighted by molar-refractivity contribution is 7.99. The van der Waals surface area contributed by atoms with Crippen LogP contribution in [0.4, 0.5) is 0 Å². The van der Waals surface area contributed by atoms with Gasteiger partial charge < -0.3 is 11.1 Å². The van der Waals surface area contributed by atoms with Crippen LogP contribution in [0, 0.1) is 0 Å². The minimum absolute atomic E-state index is 0.215. The molecule has 1 heterocycles. The van der Waals surface area contributed by atoms with Crippen molar-refractivity contribution in [1.29, 1.82) is 0 Å². The molecule has 1 aliphatic heterocycles. The van der Waals surface area contributed by atoms with Gasteiger partial charge in [-0.25, -0.2) is 0 Å². The average Bonchev–Trinajstić information content (AvgIpc) is 2.39. The smallest absolute Gasteiger partial charge is 0.227 e. The van der Waals surface area contributed by atoms with E-state index in [9.17, 15) is 4.79 Å². The van der Waals surface area contributed by atoms with E-state index >= 15 is 0 Å². The Bertz CT molecular complexity index is 134. The summed E-state index contributed by atoms with van der Waals surface area (Å²) >= 11 is 1.62. The van der Waals surface area contributed by atoms with Crippen LogP contribution in [0.5, 0.6) is 0 Å². The normalized spacial score (nSPS) is 23.8. The second-order valence-electron chi connectivity index (χ2n) is 2.77. The predicted octanol–water partition coefficient (Wildman–Crippen LogP) is -0.0431. The van der Waals surface area contributed by atoms with Crippen LogP contribution in [0.2, 0.25) is 0 Å². The zero-order chi connectivity index (χ0) is 8.10. The van der Waals surface area contributed by atoms with Crippen molar-refractivity contribution in [2.75, 3.05) is 18.1 Å². The molecular formula is C7H14N2OS. The van der Waals surface area contributed by atoms with E-state index in [1.165, 1.54) is 12.8 Å². The lowest BCUT2D eigenvalue weighted by atomic mass is 10.3. The van der Waals surface area contributed by atoms with Crippen LogP contribution in [-0.2, 0) is 4.79 Å². The fourth-order valence-electron chi connectivity index (χ4n) is 1.20. The zero-order valence-corrected chi connectivity index (χ0v) is 7.32. The van der Waals surface area contributed by atoms with Gasteiger partial charge in [0.15, 0.2) is 0 Å². The second-order valence-corrected chi connectivity index (χ2v) is 3.80. The summed E-state index contributed by atoms with van der Waals surface area (Å²) in [7, 11) is 0. The lowest BCUT2D eigenvalue weighted by Crippen LogP contribution is -2.25. The van der Waals surface area contributed by atoms with Crippen LogP contribution in [0.15, 0.2) is 0 Å². The molecule has 0 aromatic heterocycles. The van der Waals surface area contributed by atoms with Crippen LogP contribution >= 0.6 is 11.8 Å². The number of rotatable bonds is 4. The van der Waals surface area contributed by atoms with Crippen LogP contribution < -0.4 is 11.1 Å². The van der Waals surface area contributed by atoms with Crippen molar-refractivity contribution in [3.05, 3.63) is 0 Å². The van der Waals surface area contributed by atoms with Gasteiger partial charge in [0.1, 0.15) is 0 Å². The van der Waals surface area contributed by atoms with E-state index in [0.717, 1.165) is 12.3 Å². The molecule has 0 radical (unpaired) electrons. The first-order valence-electron chi connectivity index (χ1n) is 3.88. The molecule has 0 bridgehead atoms. The average molecular weight is 174 g/mol. The Labute approximate surface area is 71.1 Å². The summed E-state index contributed by atoms with van der Waals surface area (Å²) in [6.07, 6.45) is 2.51. The highest BCUT2D eigenvalue weighted by Crippen LogP contribution is 2.11. The number of primary amides is 1. The Morgan fingerprint density at radius 3 is 3.09 bits per heavy atom. The Morgan fingerprint density at radius 2 is 2.55 bits per heavy atom. The third-order valence-electron chi connectivity index (χ3n) is 1.73. The summed E-state index contributed by atoms with van der Waals surface area (Å²) < 4.78 is 0. The largest absolute Gasteiger partial charge is 0.369 e. The standard InChI is InChI=1S/C7H14N2OS/c8-7(10)5-11-4-6-2-1-3-9-6/h6,9H,1-5H2,(H2,8,10). The van der Waals surface area contributed by atoms with Gasteiger partial charge in [-0.2, -0.15) is 11.8 Å². The lowest BCUT2D eigenvalue weighted by Gasteiger charge is -2.07. The number of nitrogens with two attached hydrogens (primary N) is 1. The highest BCUT2D eigenvalue weighted by atomic mass is 32.2. The number of amides is 1. The van der Waals surface area contributed by atoms with E-state index in [4.69, 9.17) is 5.73 Å². The molecule has 1 atom stereocenters. The Balaban J connectivity index is 1.98. The zero-order valence-electron chi connectivity index (χ0n) is 6.51. The van der Waals surface area contributed by atoms with Gasteiger partial charge in [-0.3, -0.25) is 4.79 Å². The van der Waals surface area contributed by atoms with Gasteiger partial charge in [0.05, 0.1) is 5.75 Å². The molecule has 1 unspecified atom stereocenters. The molecule has 1 amide bonds. The van der Waals surface area contributed by atoms with Crippen LogP contribution in [0.25, 0.3) is 0 Å². The van der Waals surface area contributed by atoms with Gasteiger partial charge in [0.25, 0.3) is 0 Å². The maximum atomic E-state index is 10.4. The number of thioether (sulfide) groups is 1. The number of hydrogen-bond donors (Lipinski definition) is 2. The second kappa shape index (κ2) is 4.62. The Morgan fingerprint density at radius 1 is 1.73 bits per heavy atom. The van der Waals surface area contributed by atoms with Gasteiger partial charge in [0.2, 0.25) is 5.91 Å². The lowest BCUT2D eigenvalue weighted by molar-refractivity contribution is -0.115. The quantitative estimate of drug-likeness (QED) is 0.628. The molecule has 11 heavy (non-hydrogen) atoms. The number of carbonyl (C=O) groups excluding carboxylic acids is 1. The summed E-state index contributed by atoms with van der Waals surface area (Å²) in [5.41, 5.74) is 5.00. The van der Waals surface area contributed by atoms with Crippen molar-refractivity contribution in [3.63, 3.8) is 0 Å². The summed E-state index contributed by atoms with van der Waals surface area (Å²) in [5, 5.41) is 3.36. The third kappa shape index (κ3) is 3.62. The minimum atomic E-state index is -0.215. The molecular weight excluding hydrogens is 160 g/mol. The fraction of sp³-hybridized carbons (Fsp3) is 0.857. The van der Waals surface area contributed by atoms with E-state index < -0.39 is 0 Å². The van der Waals surface area contributed by atoms with Crippen molar-refractivity contribution < 1.29 is 4.79 Å². The fourth-order valence-corrected chi connectivity index (χ4v) is 2.09. The van der Waals surface area contributed by atoms with Crippen LogP contribution in [-0.4, -0.2) is 30.0 Å². The molecule has 1 fully saturated rings. The van der Waals surface area contributed by atoms with Gasteiger partial charge in [-0.1, -0.05) is 0 Å². The molecule has 1 aliphatic rings. The van der Waals surface area contributed by atoms with E-state index in [2.05, 4.69) is 5.32 Å². The van der Waals surface area contributed by atoms with E-state index in [1.807, 2.05) is 0 Å². The van der Waals surface area contributed by atoms with Gasteiger partial charge in [0, 0.05) is 11.8 Å². The van der Waals surface area contributed by atoms with Crippen molar-refractivity contribution in [2.24, 2.45) is 5.73 Å². The van der Waals surface area contributed by atoms with Gasteiger partial charge in [-0.15, -0.1) is 0 Å². The van der Waals surface area contributed by atoms with Crippen LogP contribution in [0.1, 0.15) is 12.8 Å². The third-order valence-corrected chi connectivity index (χ3v) is 2.85. The molecule has 3 N–H and O–H groups in total. The summed E-state index contributed by atoms with van der Waals surface area (Å²) in [4.78, 5) is 10.4. The summed E-state index contributed by atoms with van der Waals surface area (Å²) in [5.74, 6) is 1.26. The first-order valence-corrected chi connectivity index (χ1v) is 5.04. The number of nitrogens with one attached hydrogen (secondary N) is 1. The molecule has 0 aromatic rings. The van der Waals surface area contributed by atoms with E-state index in [1.54, 1.807) is 11.8 Å². The highest BCUT2D eigenvalue weighted by Gasteiger charge is 2.13. The molecule has 4 heteroatoms. The molecule has 1 rings (SSSR count). The summed E-state index contributed by atoms with van der Waals surface area (Å²) in [6.45, 7) is 1.13. The molecule has 0 saturated carbocycles.